The number of nitrogens with zero attached hydrogens (tertiary/aromatic N) is 2. The quantitative estimate of drug-likeness (QED) is 0.757. The molecule has 1 aromatic carbocycles. The Bertz CT molecular complexity index is 569. The molecule has 0 bridgehead atoms. The minimum Gasteiger partial charge on any atom is -0.369 e. The molecule has 1 aromatic heterocycles. The van der Waals surface area contributed by atoms with Gasteiger partial charge in [-0.05, 0) is 46.5 Å². The van der Waals surface area contributed by atoms with Gasteiger partial charge >= 0.3 is 0 Å². The molecule has 21 heavy (non-hydrogen) atoms. The number of hydrogen-bond donors (Lipinski definition) is 2. The third kappa shape index (κ3) is 4.43. The maximum atomic E-state index is 4.29. The van der Waals surface area contributed by atoms with Crippen molar-refractivity contribution in [2.75, 3.05) is 17.2 Å². The lowest BCUT2D eigenvalue weighted by Gasteiger charge is -2.11. The summed E-state index contributed by atoms with van der Waals surface area (Å²) in [5.41, 5.74) is 2.38. The van der Waals surface area contributed by atoms with E-state index in [1.54, 1.807) is 6.33 Å². The minimum atomic E-state index is 0.770. The van der Waals surface area contributed by atoms with Gasteiger partial charge in [0.25, 0.3) is 0 Å². The molecule has 0 unspecified atom stereocenters. The molecular weight excluding hydrogens is 328 g/mol. The summed E-state index contributed by atoms with van der Waals surface area (Å²) in [6.45, 7) is 5.20. The van der Waals surface area contributed by atoms with E-state index in [4.69, 9.17) is 0 Å². The summed E-state index contributed by atoms with van der Waals surface area (Å²) in [4.78, 5) is 8.54. The number of benzene rings is 1. The molecule has 0 aliphatic carbocycles. The second kappa shape index (κ2) is 7.98. The number of halogens is 1. The first-order valence-electron chi connectivity index (χ1n) is 7.35. The van der Waals surface area contributed by atoms with Crippen molar-refractivity contribution in [1.29, 1.82) is 0 Å². The zero-order chi connectivity index (χ0) is 15.1. The van der Waals surface area contributed by atoms with Crippen molar-refractivity contribution >= 4 is 33.3 Å². The van der Waals surface area contributed by atoms with E-state index < -0.39 is 0 Å². The van der Waals surface area contributed by atoms with Crippen LogP contribution in [0.4, 0.5) is 17.3 Å². The van der Waals surface area contributed by atoms with Crippen molar-refractivity contribution in [3.63, 3.8) is 0 Å². The van der Waals surface area contributed by atoms with Crippen molar-refractivity contribution in [3.8, 4) is 0 Å². The molecule has 0 amide bonds. The highest BCUT2D eigenvalue weighted by Crippen LogP contribution is 2.29. The molecule has 0 aliphatic heterocycles. The number of nitrogens with one attached hydrogen (secondary N) is 2. The predicted molar refractivity (Wildman–Crippen MR) is 92.2 cm³/mol. The molecule has 5 heteroatoms. The van der Waals surface area contributed by atoms with E-state index in [1.165, 1.54) is 5.56 Å². The summed E-state index contributed by atoms with van der Waals surface area (Å²) >= 11 is 3.56. The standard InChI is InChI=1S/C16H21BrN4/c1-3-5-12-6-8-13(9-7-12)21-16-14(17)15(18-10-4-2)19-11-20-16/h6-9,11H,3-5,10H2,1-2H3,(H2,18,19,20,21). The molecule has 0 radical (unpaired) electrons. The lowest BCUT2D eigenvalue weighted by Crippen LogP contribution is -2.05. The third-order valence-electron chi connectivity index (χ3n) is 3.09. The molecule has 2 N–H and O–H groups in total. The van der Waals surface area contributed by atoms with Crippen LogP contribution >= 0.6 is 15.9 Å². The molecule has 1 heterocycles. The number of hydrogen-bond acceptors (Lipinski definition) is 4. The second-order valence-corrected chi connectivity index (χ2v) is 5.68. The van der Waals surface area contributed by atoms with Gasteiger partial charge in [-0.15, -0.1) is 0 Å². The second-order valence-electron chi connectivity index (χ2n) is 4.88. The normalized spacial score (nSPS) is 10.4. The Hall–Kier alpha value is -1.62. The maximum absolute atomic E-state index is 4.29. The molecule has 0 aliphatic rings. The number of anilines is 3. The Balaban J connectivity index is 2.11. The van der Waals surface area contributed by atoms with Gasteiger partial charge in [0.1, 0.15) is 22.4 Å². The highest BCUT2D eigenvalue weighted by Gasteiger charge is 2.08. The van der Waals surface area contributed by atoms with Gasteiger partial charge in [-0.25, -0.2) is 9.97 Å². The lowest BCUT2D eigenvalue weighted by molar-refractivity contribution is 0.922. The molecule has 0 saturated heterocycles. The van der Waals surface area contributed by atoms with Gasteiger partial charge in [0, 0.05) is 12.2 Å². The largest absolute Gasteiger partial charge is 0.369 e. The van der Waals surface area contributed by atoms with E-state index in [0.717, 1.165) is 47.6 Å². The first-order valence-corrected chi connectivity index (χ1v) is 8.14. The maximum Gasteiger partial charge on any atom is 0.150 e. The van der Waals surface area contributed by atoms with Crippen LogP contribution in [0.25, 0.3) is 0 Å². The highest BCUT2D eigenvalue weighted by atomic mass is 79.9. The van der Waals surface area contributed by atoms with Gasteiger partial charge in [-0.2, -0.15) is 0 Å². The molecule has 0 saturated carbocycles. The van der Waals surface area contributed by atoms with Crippen LogP contribution in [0.3, 0.4) is 0 Å². The highest BCUT2D eigenvalue weighted by molar-refractivity contribution is 9.10. The molecule has 2 aromatic rings. The van der Waals surface area contributed by atoms with Crippen LogP contribution in [0.5, 0.6) is 0 Å². The van der Waals surface area contributed by atoms with Gasteiger partial charge in [0.05, 0.1) is 0 Å². The van der Waals surface area contributed by atoms with Crippen molar-refractivity contribution in [3.05, 3.63) is 40.6 Å². The summed E-state index contributed by atoms with van der Waals surface area (Å²) in [5.74, 6) is 1.59. The van der Waals surface area contributed by atoms with Crippen LogP contribution in [0, 0.1) is 0 Å². The van der Waals surface area contributed by atoms with E-state index in [0.29, 0.717) is 0 Å². The van der Waals surface area contributed by atoms with E-state index in [9.17, 15) is 0 Å². The zero-order valence-corrected chi connectivity index (χ0v) is 14.1. The van der Waals surface area contributed by atoms with Crippen LogP contribution in [0.1, 0.15) is 32.3 Å². The average molecular weight is 349 g/mol. The Morgan fingerprint density at radius 1 is 1.00 bits per heavy atom. The Morgan fingerprint density at radius 2 is 1.71 bits per heavy atom. The van der Waals surface area contributed by atoms with E-state index >= 15 is 0 Å². The van der Waals surface area contributed by atoms with Gasteiger partial charge in [0.15, 0.2) is 0 Å². The van der Waals surface area contributed by atoms with E-state index in [1.807, 2.05) is 0 Å². The van der Waals surface area contributed by atoms with Crippen molar-refractivity contribution in [2.24, 2.45) is 0 Å². The Kier molecular flexibility index (Phi) is 5.99. The van der Waals surface area contributed by atoms with Crippen LogP contribution < -0.4 is 10.6 Å². The van der Waals surface area contributed by atoms with E-state index in [2.05, 4.69) is 74.6 Å². The van der Waals surface area contributed by atoms with Crippen LogP contribution in [-0.4, -0.2) is 16.5 Å². The number of aromatic nitrogens is 2. The zero-order valence-electron chi connectivity index (χ0n) is 12.5. The van der Waals surface area contributed by atoms with Crippen molar-refractivity contribution in [1.82, 2.24) is 9.97 Å². The molecule has 0 spiro atoms. The van der Waals surface area contributed by atoms with Crippen LogP contribution in [-0.2, 0) is 6.42 Å². The van der Waals surface area contributed by atoms with Gasteiger partial charge in [-0.3, -0.25) is 0 Å². The van der Waals surface area contributed by atoms with Gasteiger partial charge in [-0.1, -0.05) is 32.4 Å². The van der Waals surface area contributed by atoms with Crippen molar-refractivity contribution in [2.45, 2.75) is 33.1 Å². The third-order valence-corrected chi connectivity index (χ3v) is 3.84. The SMILES string of the molecule is CCCNc1ncnc(Nc2ccc(CCC)cc2)c1Br. The molecule has 0 atom stereocenters. The molecule has 4 nitrogen and oxygen atoms in total. The Labute approximate surface area is 134 Å². The fourth-order valence-electron chi connectivity index (χ4n) is 2.00. The number of rotatable bonds is 7. The first-order chi connectivity index (χ1) is 10.2. The fourth-order valence-corrected chi connectivity index (χ4v) is 2.45. The fraction of sp³-hybridized carbons (Fsp3) is 0.375. The molecular formula is C16H21BrN4. The van der Waals surface area contributed by atoms with Gasteiger partial charge in [0.2, 0.25) is 0 Å². The summed E-state index contributed by atoms with van der Waals surface area (Å²) in [6.07, 6.45) is 4.90. The predicted octanol–water partition coefficient (Wildman–Crippen LogP) is 4.76. The summed E-state index contributed by atoms with van der Waals surface area (Å²) < 4.78 is 0.857. The first kappa shape index (κ1) is 15.8. The lowest BCUT2D eigenvalue weighted by atomic mass is 10.1. The molecule has 0 fully saturated rings. The van der Waals surface area contributed by atoms with Crippen molar-refractivity contribution < 1.29 is 0 Å². The molecule has 2 rings (SSSR count). The summed E-state index contributed by atoms with van der Waals surface area (Å²) in [5, 5.41) is 6.60. The number of aryl methyl sites for hydroxylation is 1. The smallest absolute Gasteiger partial charge is 0.150 e. The topological polar surface area (TPSA) is 49.8 Å². The Morgan fingerprint density at radius 3 is 2.38 bits per heavy atom. The summed E-state index contributed by atoms with van der Waals surface area (Å²) in [7, 11) is 0. The average Bonchev–Trinajstić information content (AvgIpc) is 2.50. The van der Waals surface area contributed by atoms with Gasteiger partial charge < -0.3 is 10.6 Å². The van der Waals surface area contributed by atoms with Crippen LogP contribution in [0.2, 0.25) is 0 Å². The summed E-state index contributed by atoms with van der Waals surface area (Å²) in [6, 6.07) is 8.46. The minimum absolute atomic E-state index is 0.770. The monoisotopic (exact) mass is 348 g/mol. The van der Waals surface area contributed by atoms with E-state index in [-0.39, 0.29) is 0 Å². The molecule has 112 valence electrons. The van der Waals surface area contributed by atoms with Crippen LogP contribution in [0.15, 0.2) is 35.1 Å².